The molecule has 1 aliphatic carbocycles. The first-order valence-electron chi connectivity index (χ1n) is 10.0. The molecular formula is C20H30N4O4. The third-order valence-corrected chi connectivity index (χ3v) is 5.38. The van der Waals surface area contributed by atoms with Crippen molar-refractivity contribution < 1.29 is 9.53 Å². The minimum atomic E-state index is -0.681. The molecular weight excluding hydrogens is 360 g/mol. The van der Waals surface area contributed by atoms with E-state index in [0.29, 0.717) is 24.1 Å². The van der Waals surface area contributed by atoms with Crippen LogP contribution >= 0.6 is 0 Å². The number of aryl methyl sites for hydroxylation is 1. The van der Waals surface area contributed by atoms with Crippen molar-refractivity contribution in [2.24, 2.45) is 12.5 Å². The molecule has 3 rings (SSSR count). The first-order valence-corrected chi connectivity index (χ1v) is 10.0. The molecule has 2 aromatic heterocycles. The van der Waals surface area contributed by atoms with E-state index < -0.39 is 17.1 Å². The lowest BCUT2D eigenvalue weighted by Crippen LogP contribution is -2.41. The van der Waals surface area contributed by atoms with Gasteiger partial charge in [-0.05, 0) is 40.0 Å². The summed E-state index contributed by atoms with van der Waals surface area (Å²) in [6.07, 6.45) is 5.00. The minimum Gasteiger partial charge on any atom is -0.443 e. The average molecular weight is 390 g/mol. The number of esters is 1. The van der Waals surface area contributed by atoms with Gasteiger partial charge in [-0.15, -0.1) is 0 Å². The normalized spacial score (nSPS) is 15.5. The zero-order chi connectivity index (χ0) is 20.6. The molecule has 0 unspecified atom stereocenters. The van der Waals surface area contributed by atoms with Crippen molar-refractivity contribution in [3.05, 3.63) is 26.7 Å². The highest BCUT2D eigenvalue weighted by Gasteiger charge is 2.28. The predicted octanol–water partition coefficient (Wildman–Crippen LogP) is 2.51. The van der Waals surface area contributed by atoms with Gasteiger partial charge in [-0.1, -0.05) is 19.8 Å². The standard InChI is InChI=1S/C20H30N4O4/c1-6-11-23-17(25)14-16(21-15(22(14)5)13-9-7-8-10-13)24(19(23)27)12-28-18(26)20(2,3)4/h13H,6-12H2,1-5H3. The summed E-state index contributed by atoms with van der Waals surface area (Å²) in [6.45, 7) is 7.23. The number of aromatic nitrogens is 4. The van der Waals surface area contributed by atoms with Crippen LogP contribution in [0.2, 0.25) is 0 Å². The summed E-state index contributed by atoms with van der Waals surface area (Å²) >= 11 is 0. The number of nitrogens with zero attached hydrogens (tertiary/aromatic N) is 4. The molecule has 28 heavy (non-hydrogen) atoms. The van der Waals surface area contributed by atoms with E-state index in [1.54, 1.807) is 20.8 Å². The summed E-state index contributed by atoms with van der Waals surface area (Å²) in [6, 6.07) is 0. The van der Waals surface area contributed by atoms with E-state index >= 15 is 0 Å². The lowest BCUT2D eigenvalue weighted by Gasteiger charge is -2.17. The SMILES string of the molecule is CCCn1c(=O)c2c(nc(C3CCCC3)n2C)n(COC(=O)C(C)(C)C)c1=O. The van der Waals surface area contributed by atoms with Gasteiger partial charge >= 0.3 is 11.7 Å². The van der Waals surface area contributed by atoms with Gasteiger partial charge in [-0.2, -0.15) is 0 Å². The number of ether oxygens (including phenoxy) is 1. The summed E-state index contributed by atoms with van der Waals surface area (Å²) in [5.41, 5.74) is -0.813. The Morgan fingerprint density at radius 1 is 1.18 bits per heavy atom. The lowest BCUT2D eigenvalue weighted by molar-refractivity contribution is -0.156. The van der Waals surface area contributed by atoms with Gasteiger partial charge in [0.05, 0.1) is 5.41 Å². The molecule has 0 bridgehead atoms. The largest absolute Gasteiger partial charge is 0.443 e. The second-order valence-corrected chi connectivity index (χ2v) is 8.66. The molecule has 1 aliphatic rings. The average Bonchev–Trinajstić information content (AvgIpc) is 3.25. The van der Waals surface area contributed by atoms with Gasteiger partial charge in [0.1, 0.15) is 5.82 Å². The van der Waals surface area contributed by atoms with Crippen LogP contribution in [0.25, 0.3) is 11.2 Å². The molecule has 0 amide bonds. The number of carbonyl (C=O) groups is 1. The maximum atomic E-state index is 13.0. The highest BCUT2D eigenvalue weighted by atomic mass is 16.5. The second kappa shape index (κ2) is 7.56. The van der Waals surface area contributed by atoms with E-state index in [4.69, 9.17) is 4.74 Å². The minimum absolute atomic E-state index is 0.253. The van der Waals surface area contributed by atoms with Crippen molar-refractivity contribution in [3.63, 3.8) is 0 Å². The smallest absolute Gasteiger partial charge is 0.335 e. The van der Waals surface area contributed by atoms with E-state index in [1.165, 1.54) is 9.13 Å². The lowest BCUT2D eigenvalue weighted by atomic mass is 9.98. The van der Waals surface area contributed by atoms with E-state index in [0.717, 1.165) is 31.5 Å². The third kappa shape index (κ3) is 3.52. The first kappa shape index (κ1) is 20.4. The van der Waals surface area contributed by atoms with E-state index in [1.807, 2.05) is 18.5 Å². The number of hydrogen-bond donors (Lipinski definition) is 0. The molecule has 0 N–H and O–H groups in total. The number of rotatable bonds is 5. The molecule has 0 atom stereocenters. The molecule has 2 heterocycles. The van der Waals surface area contributed by atoms with Crippen LogP contribution in [0.5, 0.6) is 0 Å². The molecule has 1 saturated carbocycles. The third-order valence-electron chi connectivity index (χ3n) is 5.38. The van der Waals surface area contributed by atoms with Crippen LogP contribution in [0.15, 0.2) is 9.59 Å². The van der Waals surface area contributed by atoms with E-state index in [2.05, 4.69) is 4.98 Å². The van der Waals surface area contributed by atoms with E-state index in [-0.39, 0.29) is 18.2 Å². The summed E-state index contributed by atoms with van der Waals surface area (Å²) in [5.74, 6) is 0.707. The first-order chi connectivity index (χ1) is 13.2. The topological polar surface area (TPSA) is 88.1 Å². The Balaban J connectivity index is 2.17. The fourth-order valence-electron chi connectivity index (χ4n) is 3.81. The van der Waals surface area contributed by atoms with Crippen LogP contribution < -0.4 is 11.2 Å². The molecule has 0 saturated heterocycles. The number of carbonyl (C=O) groups excluding carboxylic acids is 1. The van der Waals surface area contributed by atoms with Crippen molar-refractivity contribution in [2.45, 2.75) is 79.0 Å². The molecule has 0 aliphatic heterocycles. The Kier molecular flexibility index (Phi) is 5.50. The van der Waals surface area contributed by atoms with Gasteiger partial charge in [0.2, 0.25) is 0 Å². The fourth-order valence-corrected chi connectivity index (χ4v) is 3.81. The van der Waals surface area contributed by atoms with Crippen molar-refractivity contribution in [3.8, 4) is 0 Å². The van der Waals surface area contributed by atoms with Crippen molar-refractivity contribution in [1.82, 2.24) is 18.7 Å². The molecule has 0 spiro atoms. The quantitative estimate of drug-likeness (QED) is 0.732. The van der Waals surface area contributed by atoms with Gasteiger partial charge in [0.15, 0.2) is 17.9 Å². The zero-order valence-electron chi connectivity index (χ0n) is 17.4. The molecule has 0 radical (unpaired) electrons. The highest BCUT2D eigenvalue weighted by Crippen LogP contribution is 2.34. The van der Waals surface area contributed by atoms with E-state index in [9.17, 15) is 14.4 Å². The molecule has 2 aromatic rings. The highest BCUT2D eigenvalue weighted by molar-refractivity contribution is 5.75. The summed E-state index contributed by atoms with van der Waals surface area (Å²) in [4.78, 5) is 42.9. The van der Waals surface area contributed by atoms with Crippen LogP contribution in [0, 0.1) is 5.41 Å². The van der Waals surface area contributed by atoms with Crippen LogP contribution in [0.1, 0.15) is 71.5 Å². The number of fused-ring (bicyclic) bond motifs is 1. The maximum Gasteiger partial charge on any atom is 0.335 e. The van der Waals surface area contributed by atoms with Gasteiger partial charge in [-0.25, -0.2) is 14.3 Å². The Hall–Kier alpha value is -2.38. The van der Waals surface area contributed by atoms with Crippen molar-refractivity contribution >= 4 is 17.1 Å². The van der Waals surface area contributed by atoms with Crippen molar-refractivity contribution in [1.29, 1.82) is 0 Å². The van der Waals surface area contributed by atoms with Gasteiger partial charge in [-0.3, -0.25) is 14.2 Å². The summed E-state index contributed by atoms with van der Waals surface area (Å²) < 4.78 is 9.74. The molecule has 154 valence electrons. The molecule has 8 heteroatoms. The predicted molar refractivity (Wildman–Crippen MR) is 106 cm³/mol. The molecule has 1 fully saturated rings. The van der Waals surface area contributed by atoms with Crippen LogP contribution in [-0.4, -0.2) is 24.7 Å². The Morgan fingerprint density at radius 3 is 2.39 bits per heavy atom. The van der Waals surface area contributed by atoms with Crippen molar-refractivity contribution in [2.75, 3.05) is 0 Å². The Bertz CT molecular complexity index is 1000. The van der Waals surface area contributed by atoms with Gasteiger partial charge < -0.3 is 9.30 Å². The summed E-state index contributed by atoms with van der Waals surface area (Å²) in [7, 11) is 1.83. The maximum absolute atomic E-state index is 13.0. The van der Waals surface area contributed by atoms with Gasteiger partial charge in [0.25, 0.3) is 5.56 Å². The van der Waals surface area contributed by atoms with Crippen LogP contribution in [0.4, 0.5) is 0 Å². The Labute approximate surface area is 164 Å². The Morgan fingerprint density at radius 2 is 1.82 bits per heavy atom. The second-order valence-electron chi connectivity index (χ2n) is 8.66. The zero-order valence-corrected chi connectivity index (χ0v) is 17.4. The molecule has 0 aromatic carbocycles. The van der Waals surface area contributed by atoms with Crippen LogP contribution in [-0.2, 0) is 29.9 Å². The number of imidazole rings is 1. The summed E-state index contributed by atoms with van der Waals surface area (Å²) in [5, 5.41) is 0. The van der Waals surface area contributed by atoms with Gasteiger partial charge in [0, 0.05) is 19.5 Å². The number of hydrogen-bond acceptors (Lipinski definition) is 5. The molecule has 8 nitrogen and oxygen atoms in total. The monoisotopic (exact) mass is 390 g/mol. The van der Waals surface area contributed by atoms with Crippen LogP contribution in [0.3, 0.4) is 0 Å². The fraction of sp³-hybridized carbons (Fsp3) is 0.700.